The Labute approximate surface area is 123 Å². The van der Waals surface area contributed by atoms with Gasteiger partial charge in [0.1, 0.15) is 5.82 Å². The van der Waals surface area contributed by atoms with Crippen LogP contribution in [0.3, 0.4) is 0 Å². The third-order valence-corrected chi connectivity index (χ3v) is 3.13. The number of aromatic nitrogens is 1. The molecule has 7 heteroatoms. The number of ether oxygens (including phenoxy) is 1. The van der Waals surface area contributed by atoms with Crippen LogP contribution in [0.5, 0.6) is 0 Å². The number of pyridine rings is 1. The van der Waals surface area contributed by atoms with Crippen molar-refractivity contribution >= 4 is 23.4 Å². The lowest BCUT2D eigenvalue weighted by Gasteiger charge is -2.18. The Kier molecular flexibility index (Phi) is 4.62. The maximum absolute atomic E-state index is 11.8. The van der Waals surface area contributed by atoms with Gasteiger partial charge in [-0.3, -0.25) is 4.79 Å². The summed E-state index contributed by atoms with van der Waals surface area (Å²) in [5, 5.41) is 2.90. The minimum atomic E-state index is -0.491. The van der Waals surface area contributed by atoms with Gasteiger partial charge in [0.05, 0.1) is 30.6 Å². The van der Waals surface area contributed by atoms with E-state index in [1.807, 2.05) is 0 Å². The lowest BCUT2D eigenvalue weighted by Crippen LogP contribution is -2.36. The van der Waals surface area contributed by atoms with E-state index in [4.69, 9.17) is 10.5 Å². The van der Waals surface area contributed by atoms with Crippen molar-refractivity contribution in [3.05, 3.63) is 17.8 Å². The molecule has 0 aromatic carbocycles. The zero-order valence-electron chi connectivity index (χ0n) is 12.3. The van der Waals surface area contributed by atoms with Crippen molar-refractivity contribution in [2.24, 2.45) is 0 Å². The van der Waals surface area contributed by atoms with Gasteiger partial charge in [0.2, 0.25) is 5.91 Å². The largest absolute Gasteiger partial charge is 0.462 e. The average molecular weight is 292 g/mol. The molecule has 3 N–H and O–H groups in total. The minimum absolute atomic E-state index is 0.0590. The Morgan fingerprint density at radius 2 is 2.24 bits per heavy atom. The summed E-state index contributed by atoms with van der Waals surface area (Å²) in [5.74, 6) is -0.0519. The van der Waals surface area contributed by atoms with Gasteiger partial charge in [0.25, 0.3) is 0 Å². The molecule has 1 aliphatic carbocycles. The number of carbonyl (C=O) groups is 2. The van der Waals surface area contributed by atoms with Crippen LogP contribution < -0.4 is 16.0 Å². The normalized spacial score (nSPS) is 13.6. The van der Waals surface area contributed by atoms with Gasteiger partial charge >= 0.3 is 5.97 Å². The van der Waals surface area contributed by atoms with Crippen molar-refractivity contribution in [3.8, 4) is 0 Å². The highest BCUT2D eigenvalue weighted by Gasteiger charge is 2.24. The van der Waals surface area contributed by atoms with Gasteiger partial charge in [0, 0.05) is 13.1 Å². The van der Waals surface area contributed by atoms with Gasteiger partial charge in [-0.2, -0.15) is 0 Å². The third kappa shape index (κ3) is 4.08. The maximum atomic E-state index is 11.8. The fourth-order valence-electron chi connectivity index (χ4n) is 1.85. The molecule has 0 spiro atoms. The molecule has 1 aliphatic rings. The van der Waals surface area contributed by atoms with Crippen molar-refractivity contribution < 1.29 is 14.3 Å². The Hall–Kier alpha value is -2.31. The Morgan fingerprint density at radius 3 is 2.86 bits per heavy atom. The Morgan fingerprint density at radius 1 is 1.52 bits per heavy atom. The van der Waals surface area contributed by atoms with E-state index in [-0.39, 0.29) is 30.3 Å². The summed E-state index contributed by atoms with van der Waals surface area (Å²) in [6, 6.07) is 1.86. The van der Waals surface area contributed by atoms with Crippen LogP contribution in [0.2, 0.25) is 0 Å². The van der Waals surface area contributed by atoms with E-state index in [1.165, 1.54) is 12.3 Å². The first-order chi connectivity index (χ1) is 10.0. The van der Waals surface area contributed by atoms with Crippen molar-refractivity contribution in [2.75, 3.05) is 30.8 Å². The summed E-state index contributed by atoms with van der Waals surface area (Å²) in [6.07, 6.45) is 3.49. The van der Waals surface area contributed by atoms with Crippen LogP contribution >= 0.6 is 0 Å². The molecule has 1 amide bonds. The lowest BCUT2D eigenvalue weighted by molar-refractivity contribution is -0.119. The molecule has 1 fully saturated rings. The molecule has 114 valence electrons. The minimum Gasteiger partial charge on any atom is -0.462 e. The lowest BCUT2D eigenvalue weighted by atomic mass is 10.2. The number of anilines is 2. The molecule has 1 saturated carbocycles. The number of nitrogens with zero attached hydrogens (tertiary/aromatic N) is 2. The van der Waals surface area contributed by atoms with Crippen LogP contribution in [-0.2, 0) is 9.53 Å². The molecule has 1 aromatic heterocycles. The van der Waals surface area contributed by atoms with Gasteiger partial charge < -0.3 is 20.7 Å². The summed E-state index contributed by atoms with van der Waals surface area (Å²) in [7, 11) is 1.74. The fraction of sp³-hybridized carbons (Fsp3) is 0.500. The number of likely N-dealkylation sites (N-methyl/N-ethyl adjacent to an activating group) is 1. The topological polar surface area (TPSA) is 97.5 Å². The quantitative estimate of drug-likeness (QED) is 0.743. The molecule has 0 bridgehead atoms. The van der Waals surface area contributed by atoms with Crippen molar-refractivity contribution in [2.45, 2.75) is 25.8 Å². The van der Waals surface area contributed by atoms with Gasteiger partial charge in [-0.25, -0.2) is 9.78 Å². The molecular weight excluding hydrogens is 272 g/mol. The summed E-state index contributed by atoms with van der Waals surface area (Å²) in [4.78, 5) is 29.4. The van der Waals surface area contributed by atoms with Gasteiger partial charge in [-0.1, -0.05) is 0 Å². The fourth-order valence-corrected chi connectivity index (χ4v) is 1.85. The molecule has 7 nitrogen and oxygen atoms in total. The number of hydrogen-bond donors (Lipinski definition) is 2. The van der Waals surface area contributed by atoms with E-state index in [1.54, 1.807) is 18.9 Å². The van der Waals surface area contributed by atoms with Crippen molar-refractivity contribution in [1.82, 2.24) is 10.3 Å². The number of nitrogen functional groups attached to an aromatic ring is 1. The van der Waals surface area contributed by atoms with Crippen molar-refractivity contribution in [3.63, 3.8) is 0 Å². The third-order valence-electron chi connectivity index (χ3n) is 3.13. The van der Waals surface area contributed by atoms with E-state index in [0.717, 1.165) is 12.8 Å². The predicted octanol–water partition coefficient (Wildman–Crippen LogP) is 0.555. The zero-order valence-corrected chi connectivity index (χ0v) is 12.3. The van der Waals surface area contributed by atoms with E-state index >= 15 is 0 Å². The Bertz CT molecular complexity index is 543. The summed E-state index contributed by atoms with van der Waals surface area (Å²) < 4.78 is 4.94. The molecule has 0 atom stereocenters. The highest BCUT2D eigenvalue weighted by molar-refractivity contribution is 5.95. The first kappa shape index (κ1) is 15.1. The number of nitrogens with one attached hydrogen (secondary N) is 1. The van der Waals surface area contributed by atoms with Crippen LogP contribution in [0.4, 0.5) is 11.5 Å². The number of nitrogens with two attached hydrogens (primary N) is 1. The maximum Gasteiger partial charge on any atom is 0.340 e. The standard InChI is InChI=1S/C14H20N4O3/c1-3-21-14(20)10-6-12(16-7-11(10)15)18(2)8-13(19)17-9-4-5-9/h6-7,9H,3-5,8,15H2,1-2H3,(H,17,19). The summed E-state index contributed by atoms with van der Waals surface area (Å²) in [5.41, 5.74) is 6.25. The highest BCUT2D eigenvalue weighted by atomic mass is 16.5. The van der Waals surface area contributed by atoms with E-state index in [0.29, 0.717) is 11.9 Å². The highest BCUT2D eigenvalue weighted by Crippen LogP contribution is 2.20. The second kappa shape index (κ2) is 6.43. The van der Waals surface area contributed by atoms with Crippen LogP contribution in [0.15, 0.2) is 12.3 Å². The molecule has 0 aliphatic heterocycles. The molecule has 1 heterocycles. The Balaban J connectivity index is 2.05. The average Bonchev–Trinajstić information content (AvgIpc) is 3.23. The van der Waals surface area contributed by atoms with Gasteiger partial charge in [-0.15, -0.1) is 0 Å². The van der Waals surface area contributed by atoms with E-state index < -0.39 is 5.97 Å². The van der Waals surface area contributed by atoms with Crippen LogP contribution in [0, 0.1) is 0 Å². The molecule has 2 rings (SSSR count). The predicted molar refractivity (Wildman–Crippen MR) is 79.0 cm³/mol. The molecule has 0 unspecified atom stereocenters. The molecule has 0 radical (unpaired) electrons. The first-order valence-electron chi connectivity index (χ1n) is 6.94. The van der Waals surface area contributed by atoms with Crippen LogP contribution in [0.25, 0.3) is 0 Å². The van der Waals surface area contributed by atoms with Gasteiger partial charge in [0.15, 0.2) is 0 Å². The first-order valence-corrected chi connectivity index (χ1v) is 6.94. The molecule has 21 heavy (non-hydrogen) atoms. The number of rotatable bonds is 6. The summed E-state index contributed by atoms with van der Waals surface area (Å²) >= 11 is 0. The number of amides is 1. The number of hydrogen-bond acceptors (Lipinski definition) is 6. The number of esters is 1. The van der Waals surface area contributed by atoms with Crippen LogP contribution in [-0.4, -0.2) is 43.1 Å². The summed E-state index contributed by atoms with van der Waals surface area (Å²) in [6.45, 7) is 2.18. The second-order valence-electron chi connectivity index (χ2n) is 5.05. The smallest absolute Gasteiger partial charge is 0.340 e. The van der Waals surface area contributed by atoms with E-state index in [2.05, 4.69) is 10.3 Å². The monoisotopic (exact) mass is 292 g/mol. The van der Waals surface area contributed by atoms with Crippen molar-refractivity contribution in [1.29, 1.82) is 0 Å². The molecule has 1 aromatic rings. The van der Waals surface area contributed by atoms with Crippen LogP contribution in [0.1, 0.15) is 30.1 Å². The van der Waals surface area contributed by atoms with Gasteiger partial charge in [-0.05, 0) is 25.8 Å². The number of carbonyl (C=O) groups excluding carboxylic acids is 2. The SMILES string of the molecule is CCOC(=O)c1cc(N(C)CC(=O)NC2CC2)ncc1N. The molecular formula is C14H20N4O3. The van der Waals surface area contributed by atoms with E-state index in [9.17, 15) is 9.59 Å². The molecule has 0 saturated heterocycles. The second-order valence-corrected chi connectivity index (χ2v) is 5.05. The zero-order chi connectivity index (χ0) is 15.4.